The Morgan fingerprint density at radius 1 is 0.714 bits per heavy atom. The number of aryl methyl sites for hydroxylation is 1. The Labute approximate surface area is 257 Å². The van der Waals surface area contributed by atoms with Crippen LogP contribution in [0.4, 0.5) is 0 Å². The molecule has 0 saturated carbocycles. The van der Waals surface area contributed by atoms with E-state index in [1.807, 2.05) is 36.4 Å². The van der Waals surface area contributed by atoms with Crippen molar-refractivity contribution in [3.63, 3.8) is 0 Å². The molecule has 0 atom stereocenters. The summed E-state index contributed by atoms with van der Waals surface area (Å²) in [5.74, 6) is -1.04. The standard InChI is InChI=1S/C35H35Cl2NO4/c36-30-16-10-15-26(23-30)27-20-28(31-17-11-18-32(37)34(31)42-24-33(39)40)22-29(21-27)35(41)38-19-9-4-2-1-3-6-12-25-13-7-5-8-14-25/h5,7-8,10-11,13-18,20-23H,1-4,6,9,12,19,24H2,(H,38,41)(H,39,40). The number of benzene rings is 4. The summed E-state index contributed by atoms with van der Waals surface area (Å²) in [4.78, 5) is 24.5. The van der Waals surface area contributed by atoms with E-state index in [9.17, 15) is 9.59 Å². The number of carbonyl (C=O) groups is 2. The second-order valence-corrected chi connectivity index (χ2v) is 11.1. The number of aliphatic carboxylic acids is 1. The summed E-state index contributed by atoms with van der Waals surface area (Å²) in [7, 11) is 0. The minimum absolute atomic E-state index is 0.182. The van der Waals surface area contributed by atoms with Crippen LogP contribution in [0.5, 0.6) is 5.75 Å². The van der Waals surface area contributed by atoms with E-state index >= 15 is 0 Å². The van der Waals surface area contributed by atoms with Gasteiger partial charge in [-0.15, -0.1) is 0 Å². The van der Waals surface area contributed by atoms with Crippen molar-refractivity contribution in [1.82, 2.24) is 5.32 Å². The summed E-state index contributed by atoms with van der Waals surface area (Å²) in [6, 6.07) is 28.7. The summed E-state index contributed by atoms with van der Waals surface area (Å²) in [6.07, 6.45) is 7.84. The van der Waals surface area contributed by atoms with Gasteiger partial charge in [0.25, 0.3) is 5.91 Å². The SMILES string of the molecule is O=C(O)COc1c(Cl)cccc1-c1cc(C(=O)NCCCCCCCCc2ccccc2)cc(-c2cccc(Cl)c2)c1. The summed E-state index contributed by atoms with van der Waals surface area (Å²) in [6.45, 7) is 0.0504. The minimum Gasteiger partial charge on any atom is -0.480 e. The number of amides is 1. The molecule has 42 heavy (non-hydrogen) atoms. The molecule has 4 aromatic rings. The van der Waals surface area contributed by atoms with Gasteiger partial charge in [0, 0.05) is 22.7 Å². The van der Waals surface area contributed by atoms with E-state index in [1.165, 1.54) is 24.8 Å². The number of nitrogens with one attached hydrogen (secondary N) is 1. The van der Waals surface area contributed by atoms with Gasteiger partial charge in [0.05, 0.1) is 5.02 Å². The molecule has 0 heterocycles. The molecule has 0 spiro atoms. The van der Waals surface area contributed by atoms with E-state index in [0.717, 1.165) is 36.8 Å². The first-order chi connectivity index (χ1) is 20.4. The average Bonchev–Trinajstić information content (AvgIpc) is 2.99. The fraction of sp³-hybridized carbons (Fsp3) is 0.257. The van der Waals surface area contributed by atoms with E-state index in [1.54, 1.807) is 30.3 Å². The van der Waals surface area contributed by atoms with Crippen molar-refractivity contribution in [3.8, 4) is 28.0 Å². The predicted molar refractivity (Wildman–Crippen MR) is 171 cm³/mol. The van der Waals surface area contributed by atoms with Crippen LogP contribution < -0.4 is 10.1 Å². The highest BCUT2D eigenvalue weighted by molar-refractivity contribution is 6.32. The van der Waals surface area contributed by atoms with E-state index < -0.39 is 12.6 Å². The number of para-hydroxylation sites is 1. The van der Waals surface area contributed by atoms with Crippen molar-refractivity contribution in [2.75, 3.05) is 13.2 Å². The first kappa shape index (κ1) is 31.1. The second-order valence-electron chi connectivity index (χ2n) is 10.2. The zero-order chi connectivity index (χ0) is 29.7. The van der Waals surface area contributed by atoms with Crippen LogP contribution >= 0.6 is 23.2 Å². The minimum atomic E-state index is -1.11. The molecule has 218 valence electrons. The number of carboxylic acids is 1. The maximum Gasteiger partial charge on any atom is 0.341 e. The van der Waals surface area contributed by atoms with Crippen molar-refractivity contribution in [2.45, 2.75) is 44.9 Å². The number of carbonyl (C=O) groups excluding carboxylic acids is 1. The molecule has 0 unspecified atom stereocenters. The zero-order valence-corrected chi connectivity index (χ0v) is 25.0. The maximum absolute atomic E-state index is 13.3. The Morgan fingerprint density at radius 3 is 2.19 bits per heavy atom. The smallest absolute Gasteiger partial charge is 0.341 e. The third-order valence-corrected chi connectivity index (χ3v) is 7.52. The lowest BCUT2D eigenvalue weighted by Crippen LogP contribution is -2.24. The normalized spacial score (nSPS) is 10.8. The number of rotatable bonds is 15. The van der Waals surface area contributed by atoms with Crippen LogP contribution in [0.25, 0.3) is 22.3 Å². The van der Waals surface area contributed by atoms with Gasteiger partial charge in [-0.3, -0.25) is 4.79 Å². The molecule has 0 aromatic heterocycles. The van der Waals surface area contributed by atoms with Crippen LogP contribution in [-0.2, 0) is 11.2 Å². The lowest BCUT2D eigenvalue weighted by molar-refractivity contribution is -0.139. The van der Waals surface area contributed by atoms with Gasteiger partial charge in [-0.2, -0.15) is 0 Å². The van der Waals surface area contributed by atoms with Gasteiger partial charge in [-0.25, -0.2) is 4.79 Å². The summed E-state index contributed by atoms with van der Waals surface area (Å²) in [5, 5.41) is 13.1. The zero-order valence-electron chi connectivity index (χ0n) is 23.5. The van der Waals surface area contributed by atoms with Gasteiger partial charge in [0.2, 0.25) is 0 Å². The number of halogens is 2. The highest BCUT2D eigenvalue weighted by Gasteiger charge is 2.16. The van der Waals surface area contributed by atoms with Gasteiger partial charge in [-0.05, 0) is 77.9 Å². The Morgan fingerprint density at radius 2 is 1.43 bits per heavy atom. The van der Waals surface area contributed by atoms with Crippen LogP contribution in [0.1, 0.15) is 54.4 Å². The van der Waals surface area contributed by atoms with Crippen LogP contribution in [-0.4, -0.2) is 30.1 Å². The third-order valence-electron chi connectivity index (χ3n) is 6.99. The molecule has 0 radical (unpaired) electrons. The van der Waals surface area contributed by atoms with E-state index in [2.05, 4.69) is 29.6 Å². The highest BCUT2D eigenvalue weighted by Crippen LogP contribution is 2.38. The van der Waals surface area contributed by atoms with Crippen molar-refractivity contribution in [1.29, 1.82) is 0 Å². The van der Waals surface area contributed by atoms with Crippen molar-refractivity contribution >= 4 is 35.1 Å². The summed E-state index contributed by atoms with van der Waals surface area (Å²) < 4.78 is 5.54. The third kappa shape index (κ3) is 9.37. The number of unbranched alkanes of at least 4 members (excludes halogenated alkanes) is 5. The molecule has 0 aliphatic rings. The fourth-order valence-electron chi connectivity index (χ4n) is 4.88. The quantitative estimate of drug-likeness (QED) is 0.133. The van der Waals surface area contributed by atoms with E-state index in [4.69, 9.17) is 33.0 Å². The molecule has 0 aliphatic carbocycles. The van der Waals surface area contributed by atoms with Gasteiger partial charge >= 0.3 is 5.97 Å². The van der Waals surface area contributed by atoms with Crippen LogP contribution in [0.2, 0.25) is 10.0 Å². The van der Waals surface area contributed by atoms with Gasteiger partial charge < -0.3 is 15.2 Å². The van der Waals surface area contributed by atoms with Crippen molar-refractivity contribution in [3.05, 3.63) is 112 Å². The number of hydrogen-bond donors (Lipinski definition) is 2. The molecule has 0 fully saturated rings. The largest absolute Gasteiger partial charge is 0.480 e. The van der Waals surface area contributed by atoms with Crippen molar-refractivity contribution in [2.24, 2.45) is 0 Å². The molecule has 4 rings (SSSR count). The maximum atomic E-state index is 13.3. The average molecular weight is 605 g/mol. The van der Waals surface area contributed by atoms with Crippen LogP contribution in [0.15, 0.2) is 91.0 Å². The Balaban J connectivity index is 1.41. The van der Waals surface area contributed by atoms with Gasteiger partial charge in [-0.1, -0.05) is 103 Å². The lowest BCUT2D eigenvalue weighted by atomic mass is 9.95. The molecule has 7 heteroatoms. The monoisotopic (exact) mass is 603 g/mol. The van der Waals surface area contributed by atoms with Gasteiger partial charge in [0.1, 0.15) is 5.75 Å². The predicted octanol–water partition coefficient (Wildman–Crippen LogP) is 9.10. The first-order valence-electron chi connectivity index (χ1n) is 14.3. The molecule has 4 aromatic carbocycles. The Bertz CT molecular complexity index is 1490. The number of hydrogen-bond acceptors (Lipinski definition) is 3. The van der Waals surface area contributed by atoms with Crippen LogP contribution in [0.3, 0.4) is 0 Å². The Hall–Kier alpha value is -3.80. The van der Waals surface area contributed by atoms with Crippen molar-refractivity contribution < 1.29 is 19.4 Å². The molecule has 1 amide bonds. The fourth-order valence-corrected chi connectivity index (χ4v) is 5.29. The second kappa shape index (κ2) is 16.0. The topological polar surface area (TPSA) is 75.6 Å². The Kier molecular flexibility index (Phi) is 11.9. The first-order valence-corrected chi connectivity index (χ1v) is 15.0. The molecular formula is C35H35Cl2NO4. The summed E-state index contributed by atoms with van der Waals surface area (Å²) >= 11 is 12.7. The van der Waals surface area contributed by atoms with E-state index in [0.29, 0.717) is 28.3 Å². The summed E-state index contributed by atoms with van der Waals surface area (Å²) in [5.41, 5.74) is 4.78. The van der Waals surface area contributed by atoms with Gasteiger partial charge in [0.15, 0.2) is 6.61 Å². The van der Waals surface area contributed by atoms with Crippen LogP contribution in [0, 0.1) is 0 Å². The molecule has 0 bridgehead atoms. The molecule has 2 N–H and O–H groups in total. The molecule has 0 aliphatic heterocycles. The molecular weight excluding hydrogens is 569 g/mol. The van der Waals surface area contributed by atoms with E-state index in [-0.39, 0.29) is 16.7 Å². The molecule has 5 nitrogen and oxygen atoms in total. The number of ether oxygens (including phenoxy) is 1. The number of carboxylic acid groups (broad SMARTS) is 1. The highest BCUT2D eigenvalue weighted by atomic mass is 35.5. The lowest BCUT2D eigenvalue weighted by Gasteiger charge is -2.15. The molecule has 0 saturated heterocycles.